The number of benzene rings is 2. The van der Waals surface area contributed by atoms with Crippen molar-refractivity contribution in [2.45, 2.75) is 13.5 Å². The summed E-state index contributed by atoms with van der Waals surface area (Å²) in [4.78, 5) is 25.3. The van der Waals surface area contributed by atoms with E-state index in [1.54, 1.807) is 35.0 Å². The van der Waals surface area contributed by atoms with Gasteiger partial charge in [-0.2, -0.15) is 0 Å². The van der Waals surface area contributed by atoms with Crippen molar-refractivity contribution in [3.63, 3.8) is 0 Å². The Bertz CT molecular complexity index is 1180. The maximum atomic E-state index is 12.8. The van der Waals surface area contributed by atoms with E-state index in [9.17, 15) is 9.59 Å². The highest BCUT2D eigenvalue weighted by atomic mass is 35.5. The average molecular weight is 393 g/mol. The summed E-state index contributed by atoms with van der Waals surface area (Å²) in [6, 6.07) is 16.1. The maximum Gasteiger partial charge on any atom is 0.244 e. The number of amides is 1. The molecule has 0 saturated heterocycles. The zero-order chi connectivity index (χ0) is 19.7. The number of aryl methyl sites for hydroxylation is 1. The van der Waals surface area contributed by atoms with Gasteiger partial charge in [-0.05, 0) is 42.8 Å². The van der Waals surface area contributed by atoms with Gasteiger partial charge in [-0.3, -0.25) is 9.59 Å². The molecular formula is C22H17ClN2O3. The number of para-hydroxylation sites is 1. The second kappa shape index (κ2) is 7.37. The van der Waals surface area contributed by atoms with E-state index in [1.165, 1.54) is 6.26 Å². The quantitative estimate of drug-likeness (QED) is 0.482. The highest BCUT2D eigenvalue weighted by molar-refractivity contribution is 6.31. The third-order valence-electron chi connectivity index (χ3n) is 4.55. The van der Waals surface area contributed by atoms with Gasteiger partial charge in [-0.1, -0.05) is 35.9 Å². The third kappa shape index (κ3) is 3.44. The molecule has 0 spiro atoms. The second-order valence-corrected chi connectivity index (χ2v) is 6.91. The molecule has 4 aromatic rings. The van der Waals surface area contributed by atoms with E-state index in [1.807, 2.05) is 37.3 Å². The highest BCUT2D eigenvalue weighted by Crippen LogP contribution is 2.25. The maximum absolute atomic E-state index is 12.8. The van der Waals surface area contributed by atoms with Crippen molar-refractivity contribution >= 4 is 39.9 Å². The van der Waals surface area contributed by atoms with Crippen LogP contribution in [0.5, 0.6) is 0 Å². The fraction of sp³-hybridized carbons (Fsp3) is 0.0909. The topological polar surface area (TPSA) is 64.2 Å². The van der Waals surface area contributed by atoms with E-state index in [2.05, 4.69) is 5.32 Å². The number of fused-ring (bicyclic) bond motifs is 1. The lowest BCUT2D eigenvalue weighted by atomic mass is 10.1. The van der Waals surface area contributed by atoms with Crippen molar-refractivity contribution in [3.8, 4) is 0 Å². The Labute approximate surface area is 166 Å². The molecule has 1 N–H and O–H groups in total. The van der Waals surface area contributed by atoms with Crippen LogP contribution in [0.1, 0.15) is 21.7 Å². The lowest BCUT2D eigenvalue weighted by molar-refractivity contribution is -0.116. The molecule has 2 aromatic heterocycles. The Kier molecular flexibility index (Phi) is 4.75. The summed E-state index contributed by atoms with van der Waals surface area (Å²) in [6.07, 6.45) is 3.16. The van der Waals surface area contributed by atoms with E-state index < -0.39 is 0 Å². The fourth-order valence-corrected chi connectivity index (χ4v) is 3.31. The second-order valence-electron chi connectivity index (χ2n) is 6.51. The molecule has 0 unspecified atom stereocenters. The third-order valence-corrected chi connectivity index (χ3v) is 4.95. The summed E-state index contributed by atoms with van der Waals surface area (Å²) in [7, 11) is 0. The normalized spacial score (nSPS) is 10.9. The number of hydrogen-bond donors (Lipinski definition) is 1. The summed E-state index contributed by atoms with van der Waals surface area (Å²) in [5.41, 5.74) is 2.87. The molecule has 2 aromatic carbocycles. The number of nitrogens with zero attached hydrogens (tertiary/aromatic N) is 1. The highest BCUT2D eigenvalue weighted by Gasteiger charge is 2.19. The standard InChI is InChI=1S/C22H17ClN2O3/c1-14-8-9-15(11-18(14)23)24-21(26)13-25-12-17(16-5-2-3-6-19(16)25)22(27)20-7-4-10-28-20/h2-12H,13H2,1H3,(H,24,26). The van der Waals surface area contributed by atoms with E-state index in [0.717, 1.165) is 16.5 Å². The van der Waals surface area contributed by atoms with Gasteiger partial charge in [0.25, 0.3) is 0 Å². The Morgan fingerprint density at radius 1 is 1.11 bits per heavy atom. The minimum absolute atomic E-state index is 0.0669. The minimum Gasteiger partial charge on any atom is -0.461 e. The Morgan fingerprint density at radius 2 is 1.93 bits per heavy atom. The lowest BCUT2D eigenvalue weighted by Gasteiger charge is -2.08. The molecule has 6 heteroatoms. The van der Waals surface area contributed by atoms with Gasteiger partial charge in [0.05, 0.1) is 11.8 Å². The number of ketones is 1. The van der Waals surface area contributed by atoms with E-state index in [4.69, 9.17) is 16.0 Å². The summed E-state index contributed by atoms with van der Waals surface area (Å²) >= 11 is 6.12. The first-order chi connectivity index (χ1) is 13.5. The molecule has 2 heterocycles. The van der Waals surface area contributed by atoms with Gasteiger partial charge in [-0.25, -0.2) is 0 Å². The van der Waals surface area contributed by atoms with Gasteiger partial charge < -0.3 is 14.3 Å². The number of aromatic nitrogens is 1. The number of carbonyl (C=O) groups is 2. The summed E-state index contributed by atoms with van der Waals surface area (Å²) in [5, 5.41) is 4.21. The van der Waals surface area contributed by atoms with Gasteiger partial charge in [0.2, 0.25) is 11.7 Å². The summed E-state index contributed by atoms with van der Waals surface area (Å²) in [5.74, 6) is -0.162. The first-order valence-electron chi connectivity index (χ1n) is 8.75. The molecule has 5 nitrogen and oxygen atoms in total. The van der Waals surface area contributed by atoms with Crippen molar-refractivity contribution < 1.29 is 14.0 Å². The van der Waals surface area contributed by atoms with Crippen LogP contribution < -0.4 is 5.32 Å². The number of hydrogen-bond acceptors (Lipinski definition) is 3. The molecule has 0 saturated carbocycles. The van der Waals surface area contributed by atoms with Crippen LogP contribution in [0.25, 0.3) is 10.9 Å². The number of nitrogens with one attached hydrogen (secondary N) is 1. The van der Waals surface area contributed by atoms with Crippen LogP contribution >= 0.6 is 11.6 Å². The Balaban J connectivity index is 1.62. The first kappa shape index (κ1) is 18.1. The number of rotatable bonds is 5. The Morgan fingerprint density at radius 3 is 2.68 bits per heavy atom. The monoisotopic (exact) mass is 392 g/mol. The summed E-state index contributed by atoms with van der Waals surface area (Å²) < 4.78 is 7.00. The first-order valence-corrected chi connectivity index (χ1v) is 9.13. The fourth-order valence-electron chi connectivity index (χ4n) is 3.12. The SMILES string of the molecule is Cc1ccc(NC(=O)Cn2cc(C(=O)c3ccco3)c3ccccc32)cc1Cl. The molecule has 0 fully saturated rings. The molecule has 0 aliphatic rings. The van der Waals surface area contributed by atoms with Gasteiger partial charge in [0.15, 0.2) is 5.76 Å². The Hall–Kier alpha value is -3.31. The van der Waals surface area contributed by atoms with Gasteiger partial charge in [0, 0.05) is 27.8 Å². The molecule has 1 amide bonds. The molecular weight excluding hydrogens is 376 g/mol. The number of furan rings is 1. The van der Waals surface area contributed by atoms with Crippen LogP contribution in [0.2, 0.25) is 5.02 Å². The van der Waals surface area contributed by atoms with Crippen molar-refractivity contribution in [1.29, 1.82) is 0 Å². The number of anilines is 1. The molecule has 0 aliphatic carbocycles. The van der Waals surface area contributed by atoms with Crippen molar-refractivity contribution in [3.05, 3.63) is 89.0 Å². The molecule has 0 bridgehead atoms. The van der Waals surface area contributed by atoms with Crippen LogP contribution in [0.4, 0.5) is 5.69 Å². The summed E-state index contributed by atoms with van der Waals surface area (Å²) in [6.45, 7) is 1.97. The van der Waals surface area contributed by atoms with Gasteiger partial charge in [0.1, 0.15) is 6.54 Å². The molecule has 28 heavy (non-hydrogen) atoms. The number of halogens is 1. The van der Waals surface area contributed by atoms with Crippen molar-refractivity contribution in [2.24, 2.45) is 0 Å². The minimum atomic E-state index is -0.217. The van der Waals surface area contributed by atoms with E-state index in [-0.39, 0.29) is 24.0 Å². The molecule has 0 radical (unpaired) electrons. The van der Waals surface area contributed by atoms with Crippen LogP contribution in [-0.2, 0) is 11.3 Å². The predicted molar refractivity (Wildman–Crippen MR) is 109 cm³/mol. The predicted octanol–water partition coefficient (Wildman–Crippen LogP) is 5.07. The van der Waals surface area contributed by atoms with Crippen molar-refractivity contribution in [1.82, 2.24) is 4.57 Å². The van der Waals surface area contributed by atoms with E-state index >= 15 is 0 Å². The smallest absolute Gasteiger partial charge is 0.244 e. The average Bonchev–Trinajstić information content (AvgIpc) is 3.33. The lowest BCUT2D eigenvalue weighted by Crippen LogP contribution is -2.18. The largest absolute Gasteiger partial charge is 0.461 e. The zero-order valence-electron chi connectivity index (χ0n) is 15.1. The molecule has 0 aliphatic heterocycles. The van der Waals surface area contributed by atoms with Gasteiger partial charge >= 0.3 is 0 Å². The van der Waals surface area contributed by atoms with Gasteiger partial charge in [-0.15, -0.1) is 0 Å². The van der Waals surface area contributed by atoms with Crippen LogP contribution in [0.15, 0.2) is 71.5 Å². The van der Waals surface area contributed by atoms with E-state index in [0.29, 0.717) is 16.3 Å². The molecule has 4 rings (SSSR count). The molecule has 0 atom stereocenters. The van der Waals surface area contributed by atoms with Crippen LogP contribution in [0, 0.1) is 6.92 Å². The molecule has 140 valence electrons. The van der Waals surface area contributed by atoms with Crippen LogP contribution in [-0.4, -0.2) is 16.3 Å². The van der Waals surface area contributed by atoms with Crippen molar-refractivity contribution in [2.75, 3.05) is 5.32 Å². The number of carbonyl (C=O) groups excluding carboxylic acids is 2. The zero-order valence-corrected chi connectivity index (χ0v) is 15.9. The van der Waals surface area contributed by atoms with Crippen LogP contribution in [0.3, 0.4) is 0 Å².